The molecule has 24 heavy (non-hydrogen) atoms. The summed E-state index contributed by atoms with van der Waals surface area (Å²) in [6, 6.07) is 4.18. The first-order chi connectivity index (χ1) is 11.8. The van der Waals surface area contributed by atoms with Gasteiger partial charge in [0.05, 0.1) is 11.9 Å². The van der Waals surface area contributed by atoms with Gasteiger partial charge in [0.1, 0.15) is 5.52 Å². The van der Waals surface area contributed by atoms with E-state index in [2.05, 4.69) is 19.9 Å². The van der Waals surface area contributed by atoms with Gasteiger partial charge < -0.3 is 14.6 Å². The minimum atomic E-state index is -0.129. The second kappa shape index (κ2) is 6.70. The molecule has 4 heterocycles. The van der Waals surface area contributed by atoms with E-state index in [0.717, 1.165) is 42.8 Å². The van der Waals surface area contributed by atoms with Crippen LogP contribution in [-0.4, -0.2) is 33.7 Å². The molecule has 4 rings (SSSR count). The lowest BCUT2D eigenvalue weighted by molar-refractivity contribution is 0.0704. The van der Waals surface area contributed by atoms with Crippen molar-refractivity contribution in [1.82, 2.24) is 19.9 Å². The van der Waals surface area contributed by atoms with Crippen LogP contribution in [0.4, 0.5) is 0 Å². The number of pyridine rings is 1. The third-order valence-electron chi connectivity index (χ3n) is 4.29. The standard InChI is InChI=1S/C17H18N4O2S/c22-17(19-8-12-3-6-24-10-12)13-7-15-16(18-9-13)21(11-20-15)14-1-4-23-5-2-14/h3,6-7,9-11,14H,1-2,4-5,8H2,(H,19,22). The Hall–Kier alpha value is -2.25. The fraction of sp³-hybridized carbons (Fsp3) is 0.353. The number of hydrogen-bond acceptors (Lipinski definition) is 5. The maximum atomic E-state index is 12.3. The molecule has 0 spiro atoms. The van der Waals surface area contributed by atoms with Crippen LogP contribution in [-0.2, 0) is 11.3 Å². The molecular formula is C17H18N4O2S. The number of amides is 1. The summed E-state index contributed by atoms with van der Waals surface area (Å²) in [5, 5.41) is 6.94. The van der Waals surface area contributed by atoms with Gasteiger partial charge in [0.25, 0.3) is 5.91 Å². The fourth-order valence-electron chi connectivity index (χ4n) is 2.95. The first-order valence-electron chi connectivity index (χ1n) is 8.01. The number of thiophene rings is 1. The lowest BCUT2D eigenvalue weighted by Crippen LogP contribution is -2.22. The Morgan fingerprint density at radius 1 is 1.38 bits per heavy atom. The Kier molecular flexibility index (Phi) is 4.27. The van der Waals surface area contributed by atoms with Gasteiger partial charge in [-0.3, -0.25) is 4.79 Å². The minimum Gasteiger partial charge on any atom is -0.381 e. The summed E-state index contributed by atoms with van der Waals surface area (Å²) in [7, 11) is 0. The lowest BCUT2D eigenvalue weighted by Gasteiger charge is -2.23. The molecule has 1 saturated heterocycles. The van der Waals surface area contributed by atoms with Crippen LogP contribution in [0.2, 0.25) is 0 Å². The van der Waals surface area contributed by atoms with Crippen LogP contribution in [0.25, 0.3) is 11.2 Å². The predicted octanol–water partition coefficient (Wildman–Crippen LogP) is 2.77. The molecule has 6 nitrogen and oxygen atoms in total. The number of carbonyl (C=O) groups excluding carboxylic acids is 1. The molecule has 0 aromatic carbocycles. The van der Waals surface area contributed by atoms with Gasteiger partial charge in [-0.2, -0.15) is 11.3 Å². The molecule has 0 aliphatic carbocycles. The Bertz CT molecular complexity index is 838. The molecule has 124 valence electrons. The monoisotopic (exact) mass is 342 g/mol. The number of aromatic nitrogens is 3. The van der Waals surface area contributed by atoms with Crippen molar-refractivity contribution in [2.75, 3.05) is 13.2 Å². The van der Waals surface area contributed by atoms with Crippen molar-refractivity contribution in [2.45, 2.75) is 25.4 Å². The highest BCUT2D eigenvalue weighted by atomic mass is 32.1. The molecule has 1 aliphatic rings. The Labute approximate surface area is 143 Å². The number of imidazole rings is 1. The molecule has 0 radical (unpaired) electrons. The van der Waals surface area contributed by atoms with Gasteiger partial charge in [0.15, 0.2) is 5.65 Å². The molecule has 3 aromatic rings. The van der Waals surface area contributed by atoms with Crippen LogP contribution in [0.15, 0.2) is 35.4 Å². The smallest absolute Gasteiger partial charge is 0.253 e. The summed E-state index contributed by atoms with van der Waals surface area (Å²) in [5.41, 5.74) is 3.22. The Morgan fingerprint density at radius 2 is 2.25 bits per heavy atom. The van der Waals surface area contributed by atoms with Crippen LogP contribution < -0.4 is 5.32 Å². The van der Waals surface area contributed by atoms with Crippen LogP contribution >= 0.6 is 11.3 Å². The molecule has 1 aliphatic heterocycles. The molecular weight excluding hydrogens is 324 g/mol. The van der Waals surface area contributed by atoms with Gasteiger partial charge in [0.2, 0.25) is 0 Å². The first-order valence-corrected chi connectivity index (χ1v) is 8.95. The van der Waals surface area contributed by atoms with E-state index in [4.69, 9.17) is 4.74 Å². The van der Waals surface area contributed by atoms with Crippen molar-refractivity contribution in [1.29, 1.82) is 0 Å². The highest BCUT2D eigenvalue weighted by Gasteiger charge is 2.19. The zero-order chi connectivity index (χ0) is 16.4. The molecule has 0 atom stereocenters. The van der Waals surface area contributed by atoms with E-state index in [1.807, 2.05) is 23.2 Å². The van der Waals surface area contributed by atoms with E-state index < -0.39 is 0 Å². The van der Waals surface area contributed by atoms with Crippen molar-refractivity contribution >= 4 is 28.4 Å². The summed E-state index contributed by atoms with van der Waals surface area (Å²) in [6.07, 6.45) is 5.38. The normalized spacial score (nSPS) is 15.7. The summed E-state index contributed by atoms with van der Waals surface area (Å²) < 4.78 is 7.51. The number of rotatable bonds is 4. The van der Waals surface area contributed by atoms with E-state index >= 15 is 0 Å². The summed E-state index contributed by atoms with van der Waals surface area (Å²) >= 11 is 1.62. The Balaban J connectivity index is 1.52. The topological polar surface area (TPSA) is 69.0 Å². The van der Waals surface area contributed by atoms with Crippen molar-refractivity contribution in [3.8, 4) is 0 Å². The molecule has 1 fully saturated rings. The molecule has 3 aromatic heterocycles. The van der Waals surface area contributed by atoms with Crippen molar-refractivity contribution in [3.63, 3.8) is 0 Å². The molecule has 0 bridgehead atoms. The van der Waals surface area contributed by atoms with E-state index in [1.165, 1.54) is 0 Å². The second-order valence-electron chi connectivity index (χ2n) is 5.88. The molecule has 1 amide bonds. The third kappa shape index (κ3) is 3.05. The summed E-state index contributed by atoms with van der Waals surface area (Å²) in [6.45, 7) is 2.07. The van der Waals surface area contributed by atoms with Gasteiger partial charge >= 0.3 is 0 Å². The number of fused-ring (bicyclic) bond motifs is 1. The summed E-state index contributed by atoms with van der Waals surface area (Å²) in [5.74, 6) is -0.129. The largest absolute Gasteiger partial charge is 0.381 e. The third-order valence-corrected chi connectivity index (χ3v) is 5.02. The van der Waals surface area contributed by atoms with E-state index in [1.54, 1.807) is 23.6 Å². The average Bonchev–Trinajstić information content (AvgIpc) is 3.29. The molecule has 1 N–H and O–H groups in total. The lowest BCUT2D eigenvalue weighted by atomic mass is 10.1. The number of hydrogen-bond donors (Lipinski definition) is 1. The number of nitrogens with zero attached hydrogens (tertiary/aromatic N) is 3. The van der Waals surface area contributed by atoms with Crippen LogP contribution in [0.3, 0.4) is 0 Å². The van der Waals surface area contributed by atoms with Gasteiger partial charge in [-0.1, -0.05) is 0 Å². The SMILES string of the molecule is O=C(NCc1ccsc1)c1cnc2c(c1)ncn2C1CCOCC1. The quantitative estimate of drug-likeness (QED) is 0.791. The van der Waals surface area contributed by atoms with Crippen molar-refractivity contribution in [3.05, 3.63) is 46.5 Å². The van der Waals surface area contributed by atoms with Crippen LogP contribution in [0.1, 0.15) is 34.8 Å². The van der Waals surface area contributed by atoms with Crippen LogP contribution in [0, 0.1) is 0 Å². The molecule has 0 unspecified atom stereocenters. The molecule has 7 heteroatoms. The maximum absolute atomic E-state index is 12.3. The zero-order valence-corrected chi connectivity index (χ0v) is 14.0. The van der Waals surface area contributed by atoms with E-state index in [9.17, 15) is 4.79 Å². The van der Waals surface area contributed by atoms with Gasteiger partial charge in [-0.25, -0.2) is 9.97 Å². The minimum absolute atomic E-state index is 0.129. The first kappa shape index (κ1) is 15.3. The van der Waals surface area contributed by atoms with Crippen molar-refractivity contribution < 1.29 is 9.53 Å². The number of carbonyl (C=O) groups is 1. The predicted molar refractivity (Wildman–Crippen MR) is 92.1 cm³/mol. The van der Waals surface area contributed by atoms with Gasteiger partial charge in [-0.15, -0.1) is 0 Å². The Morgan fingerprint density at radius 3 is 3.04 bits per heavy atom. The van der Waals surface area contributed by atoms with Crippen LogP contribution in [0.5, 0.6) is 0 Å². The highest BCUT2D eigenvalue weighted by Crippen LogP contribution is 2.24. The average molecular weight is 342 g/mol. The van der Waals surface area contributed by atoms with Gasteiger partial charge in [0, 0.05) is 32.0 Å². The molecule has 0 saturated carbocycles. The maximum Gasteiger partial charge on any atom is 0.253 e. The van der Waals surface area contributed by atoms with Gasteiger partial charge in [-0.05, 0) is 41.3 Å². The second-order valence-corrected chi connectivity index (χ2v) is 6.66. The number of ether oxygens (including phenoxy) is 1. The van der Waals surface area contributed by atoms with E-state index in [-0.39, 0.29) is 5.91 Å². The number of nitrogens with one attached hydrogen (secondary N) is 1. The summed E-state index contributed by atoms with van der Waals surface area (Å²) in [4.78, 5) is 21.2. The fourth-order valence-corrected chi connectivity index (χ4v) is 3.62. The highest BCUT2D eigenvalue weighted by molar-refractivity contribution is 7.07. The van der Waals surface area contributed by atoms with E-state index in [0.29, 0.717) is 18.2 Å². The van der Waals surface area contributed by atoms with Crippen molar-refractivity contribution in [2.24, 2.45) is 0 Å². The zero-order valence-electron chi connectivity index (χ0n) is 13.1.